The summed E-state index contributed by atoms with van der Waals surface area (Å²) in [7, 11) is -3.94. The number of carboxylic acid groups (broad SMARTS) is 1. The average molecular weight is 428 g/mol. The summed E-state index contributed by atoms with van der Waals surface area (Å²) in [6, 6.07) is 7.11. The molecule has 0 amide bonds. The van der Waals surface area contributed by atoms with E-state index >= 15 is 0 Å². The van der Waals surface area contributed by atoms with E-state index in [2.05, 4.69) is 4.72 Å². The molecule has 150 valence electrons. The number of halogens is 1. The number of ether oxygens (including phenoxy) is 3. The smallest absolute Gasteiger partial charge is 0.341 e. The SMILES string of the molecule is Cc1cc(S(=O)(=O)Nc2cc3c(cc2Cl)OCCCO3)ccc1OCC(=O)O. The van der Waals surface area contributed by atoms with Gasteiger partial charge in [0, 0.05) is 18.6 Å². The second-order valence-electron chi connectivity index (χ2n) is 6.04. The van der Waals surface area contributed by atoms with Gasteiger partial charge in [-0.2, -0.15) is 0 Å². The molecule has 0 fully saturated rings. The van der Waals surface area contributed by atoms with E-state index in [9.17, 15) is 13.2 Å². The predicted molar refractivity (Wildman–Crippen MR) is 102 cm³/mol. The topological polar surface area (TPSA) is 111 Å². The summed E-state index contributed by atoms with van der Waals surface area (Å²) in [4.78, 5) is 10.6. The van der Waals surface area contributed by atoms with Crippen LogP contribution in [0, 0.1) is 6.92 Å². The van der Waals surface area contributed by atoms with Gasteiger partial charge in [0.25, 0.3) is 10.0 Å². The molecular weight excluding hydrogens is 410 g/mol. The van der Waals surface area contributed by atoms with Gasteiger partial charge in [0.15, 0.2) is 18.1 Å². The molecule has 0 aliphatic carbocycles. The van der Waals surface area contributed by atoms with Crippen molar-refractivity contribution >= 4 is 33.3 Å². The number of hydrogen-bond acceptors (Lipinski definition) is 6. The minimum atomic E-state index is -3.94. The zero-order valence-electron chi connectivity index (χ0n) is 14.9. The van der Waals surface area contributed by atoms with E-state index in [1.54, 1.807) is 6.92 Å². The van der Waals surface area contributed by atoms with Crippen LogP contribution < -0.4 is 18.9 Å². The molecule has 2 aromatic rings. The largest absolute Gasteiger partial charge is 0.490 e. The molecule has 2 N–H and O–H groups in total. The van der Waals surface area contributed by atoms with Gasteiger partial charge in [-0.05, 0) is 30.7 Å². The lowest BCUT2D eigenvalue weighted by Crippen LogP contribution is -2.14. The number of aryl methyl sites for hydroxylation is 1. The quantitative estimate of drug-likeness (QED) is 0.728. The molecule has 0 unspecified atom stereocenters. The highest BCUT2D eigenvalue weighted by Gasteiger charge is 2.20. The number of aliphatic carboxylic acids is 1. The van der Waals surface area contributed by atoms with Gasteiger partial charge in [0.1, 0.15) is 5.75 Å². The van der Waals surface area contributed by atoms with E-state index in [-0.39, 0.29) is 21.4 Å². The lowest BCUT2D eigenvalue weighted by Gasteiger charge is -2.14. The van der Waals surface area contributed by atoms with E-state index in [1.165, 1.54) is 30.3 Å². The van der Waals surface area contributed by atoms with Gasteiger partial charge in [-0.3, -0.25) is 4.72 Å². The fourth-order valence-corrected chi connectivity index (χ4v) is 3.97. The lowest BCUT2D eigenvalue weighted by atomic mass is 10.2. The van der Waals surface area contributed by atoms with Crippen molar-refractivity contribution in [2.75, 3.05) is 24.5 Å². The molecule has 0 bridgehead atoms. The molecule has 0 saturated carbocycles. The van der Waals surface area contributed by atoms with Crippen LogP contribution in [0.1, 0.15) is 12.0 Å². The van der Waals surface area contributed by atoms with Crippen molar-refractivity contribution < 1.29 is 32.5 Å². The number of hydrogen-bond donors (Lipinski definition) is 2. The van der Waals surface area contributed by atoms with Crippen molar-refractivity contribution in [1.82, 2.24) is 0 Å². The lowest BCUT2D eigenvalue weighted by molar-refractivity contribution is -0.139. The Kier molecular flexibility index (Phi) is 5.85. The Labute approximate surface area is 167 Å². The summed E-state index contributed by atoms with van der Waals surface area (Å²) in [5.41, 5.74) is 0.642. The summed E-state index contributed by atoms with van der Waals surface area (Å²) in [5.74, 6) is 0.0335. The number of sulfonamides is 1. The van der Waals surface area contributed by atoms with Gasteiger partial charge in [-0.15, -0.1) is 0 Å². The van der Waals surface area contributed by atoms with Crippen molar-refractivity contribution in [3.63, 3.8) is 0 Å². The van der Waals surface area contributed by atoms with Crippen LogP contribution in [0.5, 0.6) is 17.2 Å². The van der Waals surface area contributed by atoms with Gasteiger partial charge < -0.3 is 19.3 Å². The third kappa shape index (κ3) is 4.60. The number of anilines is 1. The molecule has 1 aliphatic rings. The number of carboxylic acids is 1. The summed E-state index contributed by atoms with van der Waals surface area (Å²) < 4.78 is 44.1. The number of nitrogens with one attached hydrogen (secondary N) is 1. The zero-order valence-corrected chi connectivity index (χ0v) is 16.5. The highest BCUT2D eigenvalue weighted by Crippen LogP contribution is 2.38. The van der Waals surface area contributed by atoms with Gasteiger partial charge in [0.05, 0.1) is 28.8 Å². The van der Waals surface area contributed by atoms with E-state index in [0.717, 1.165) is 0 Å². The van der Waals surface area contributed by atoms with Gasteiger partial charge in [-0.25, -0.2) is 13.2 Å². The molecule has 1 heterocycles. The predicted octanol–water partition coefficient (Wildman–Crippen LogP) is 3.07. The first kappa shape index (κ1) is 20.1. The molecule has 0 saturated heterocycles. The Hall–Kier alpha value is -2.65. The molecule has 0 radical (unpaired) electrons. The molecular formula is C18H18ClNO7S. The molecule has 2 aromatic carbocycles. The van der Waals surface area contributed by atoms with Crippen molar-refractivity contribution in [1.29, 1.82) is 0 Å². The van der Waals surface area contributed by atoms with E-state index in [4.69, 9.17) is 30.9 Å². The molecule has 28 heavy (non-hydrogen) atoms. The maximum atomic E-state index is 12.7. The number of fused-ring (bicyclic) bond motifs is 1. The third-order valence-corrected chi connectivity index (χ3v) is 5.57. The Balaban J connectivity index is 1.85. The monoisotopic (exact) mass is 427 g/mol. The Bertz CT molecular complexity index is 1010. The van der Waals surface area contributed by atoms with Crippen LogP contribution in [-0.4, -0.2) is 39.3 Å². The number of rotatable bonds is 6. The summed E-state index contributed by atoms with van der Waals surface area (Å²) in [6.45, 7) is 2.05. The van der Waals surface area contributed by atoms with Gasteiger partial charge in [-0.1, -0.05) is 11.6 Å². The second kappa shape index (κ2) is 8.15. The molecule has 0 spiro atoms. The van der Waals surface area contributed by atoms with E-state index in [1.807, 2.05) is 0 Å². The van der Waals surface area contributed by atoms with Crippen molar-refractivity contribution in [3.8, 4) is 17.2 Å². The number of carbonyl (C=O) groups is 1. The van der Waals surface area contributed by atoms with E-state index in [0.29, 0.717) is 36.7 Å². The summed E-state index contributed by atoms with van der Waals surface area (Å²) in [6.07, 6.45) is 0.711. The van der Waals surface area contributed by atoms with Gasteiger partial charge in [0.2, 0.25) is 0 Å². The Morgan fingerprint density at radius 1 is 1.21 bits per heavy atom. The van der Waals surface area contributed by atoms with Crippen LogP contribution in [0.2, 0.25) is 5.02 Å². The normalized spacial score (nSPS) is 13.5. The maximum Gasteiger partial charge on any atom is 0.341 e. The minimum absolute atomic E-state index is 0.0177. The van der Waals surface area contributed by atoms with Crippen LogP contribution in [0.25, 0.3) is 0 Å². The van der Waals surface area contributed by atoms with Crippen LogP contribution in [0.15, 0.2) is 35.2 Å². The molecule has 1 aliphatic heterocycles. The van der Waals surface area contributed by atoms with Crippen LogP contribution in [0.3, 0.4) is 0 Å². The average Bonchev–Trinajstić information content (AvgIpc) is 2.85. The highest BCUT2D eigenvalue weighted by molar-refractivity contribution is 7.92. The fourth-order valence-electron chi connectivity index (χ4n) is 2.56. The van der Waals surface area contributed by atoms with Gasteiger partial charge >= 0.3 is 5.97 Å². The molecule has 3 rings (SSSR count). The fraction of sp³-hybridized carbons (Fsp3) is 0.278. The maximum absolute atomic E-state index is 12.7. The minimum Gasteiger partial charge on any atom is -0.490 e. The van der Waals surface area contributed by atoms with Crippen LogP contribution in [0.4, 0.5) is 5.69 Å². The van der Waals surface area contributed by atoms with E-state index < -0.39 is 22.6 Å². The molecule has 10 heteroatoms. The summed E-state index contributed by atoms with van der Waals surface area (Å²) in [5, 5.41) is 8.85. The second-order valence-corrected chi connectivity index (χ2v) is 8.13. The third-order valence-electron chi connectivity index (χ3n) is 3.89. The first-order valence-electron chi connectivity index (χ1n) is 8.33. The molecule has 0 atom stereocenters. The molecule has 0 aromatic heterocycles. The van der Waals surface area contributed by atoms with Crippen LogP contribution in [-0.2, 0) is 14.8 Å². The Morgan fingerprint density at radius 2 is 1.89 bits per heavy atom. The molecule has 8 nitrogen and oxygen atoms in total. The zero-order chi connectivity index (χ0) is 20.3. The first-order chi connectivity index (χ1) is 13.3. The summed E-state index contributed by atoms with van der Waals surface area (Å²) >= 11 is 6.20. The number of benzene rings is 2. The Morgan fingerprint density at radius 3 is 2.54 bits per heavy atom. The highest BCUT2D eigenvalue weighted by atomic mass is 35.5. The standard InChI is InChI=1S/C18H18ClNO7S/c1-11-7-12(3-4-15(11)27-10-18(21)22)28(23,24)20-14-9-17-16(8-13(14)19)25-5-2-6-26-17/h3-4,7-9,20H,2,5-6,10H2,1H3,(H,21,22). The van der Waals surface area contributed by atoms with Crippen molar-refractivity contribution in [2.24, 2.45) is 0 Å². The first-order valence-corrected chi connectivity index (χ1v) is 10.2. The van der Waals surface area contributed by atoms with Crippen molar-refractivity contribution in [2.45, 2.75) is 18.2 Å². The van der Waals surface area contributed by atoms with Crippen molar-refractivity contribution in [3.05, 3.63) is 40.9 Å². The van der Waals surface area contributed by atoms with Crippen LogP contribution >= 0.6 is 11.6 Å².